The molecule has 0 saturated carbocycles. The van der Waals surface area contributed by atoms with Crippen molar-refractivity contribution in [3.63, 3.8) is 0 Å². The minimum absolute atomic E-state index is 0.00127. The third-order valence-electron chi connectivity index (χ3n) is 2.58. The average molecular weight is 254 g/mol. The highest BCUT2D eigenvalue weighted by atomic mass is 19.1. The van der Waals surface area contributed by atoms with Gasteiger partial charge in [0.25, 0.3) is 0 Å². The van der Waals surface area contributed by atoms with Crippen LogP contribution < -0.4 is 11.1 Å². The molecule has 2 atom stereocenters. The second kappa shape index (κ2) is 7.08. The van der Waals surface area contributed by atoms with Crippen molar-refractivity contribution in [3.8, 4) is 0 Å². The van der Waals surface area contributed by atoms with E-state index in [-0.39, 0.29) is 24.1 Å². The van der Waals surface area contributed by atoms with Crippen LogP contribution in [0.4, 0.5) is 4.39 Å². The van der Waals surface area contributed by atoms with Gasteiger partial charge in [0.05, 0.1) is 6.10 Å². The van der Waals surface area contributed by atoms with Crippen molar-refractivity contribution in [1.29, 1.82) is 0 Å². The molecule has 0 aliphatic carbocycles. The van der Waals surface area contributed by atoms with E-state index in [9.17, 15) is 14.3 Å². The lowest BCUT2D eigenvalue weighted by Gasteiger charge is -2.13. The van der Waals surface area contributed by atoms with Crippen molar-refractivity contribution in [2.24, 2.45) is 5.73 Å². The van der Waals surface area contributed by atoms with E-state index >= 15 is 0 Å². The minimum Gasteiger partial charge on any atom is -0.386 e. The highest BCUT2D eigenvalue weighted by Crippen LogP contribution is 2.15. The molecule has 1 aromatic rings. The number of carbonyl (C=O) groups excluding carboxylic acids is 1. The summed E-state index contributed by atoms with van der Waals surface area (Å²) in [4.78, 5) is 11.4. The second-order valence-corrected chi connectivity index (χ2v) is 4.36. The van der Waals surface area contributed by atoms with Gasteiger partial charge in [-0.25, -0.2) is 4.39 Å². The van der Waals surface area contributed by atoms with Gasteiger partial charge >= 0.3 is 0 Å². The Labute approximate surface area is 106 Å². The largest absolute Gasteiger partial charge is 0.386 e. The van der Waals surface area contributed by atoms with Crippen LogP contribution >= 0.6 is 0 Å². The summed E-state index contributed by atoms with van der Waals surface area (Å²) in [5, 5.41) is 12.3. The lowest BCUT2D eigenvalue weighted by molar-refractivity contribution is -0.121. The van der Waals surface area contributed by atoms with Crippen LogP contribution in [0.1, 0.15) is 31.4 Å². The molecule has 0 aliphatic heterocycles. The fourth-order valence-corrected chi connectivity index (χ4v) is 1.51. The number of amides is 1. The van der Waals surface area contributed by atoms with Crippen molar-refractivity contribution in [3.05, 3.63) is 35.6 Å². The molecule has 1 rings (SSSR count). The van der Waals surface area contributed by atoms with Crippen LogP contribution in [-0.4, -0.2) is 23.6 Å². The molecular weight excluding hydrogens is 235 g/mol. The number of rotatable bonds is 6. The number of aliphatic hydroxyl groups is 1. The Hall–Kier alpha value is -1.46. The Kier molecular flexibility index (Phi) is 5.74. The van der Waals surface area contributed by atoms with E-state index in [1.165, 1.54) is 12.1 Å². The van der Waals surface area contributed by atoms with E-state index in [0.29, 0.717) is 12.8 Å². The highest BCUT2D eigenvalue weighted by Gasteiger charge is 2.13. The van der Waals surface area contributed by atoms with E-state index in [4.69, 9.17) is 5.73 Å². The van der Waals surface area contributed by atoms with E-state index in [1.807, 2.05) is 6.92 Å². The molecule has 0 heterocycles. The first-order valence-electron chi connectivity index (χ1n) is 5.95. The molecule has 0 aromatic heterocycles. The lowest BCUT2D eigenvalue weighted by atomic mass is 10.1. The zero-order valence-electron chi connectivity index (χ0n) is 10.4. The monoisotopic (exact) mass is 254 g/mol. The molecule has 0 radical (unpaired) electrons. The van der Waals surface area contributed by atoms with Crippen LogP contribution in [-0.2, 0) is 4.79 Å². The maximum atomic E-state index is 13.3. The predicted octanol–water partition coefficient (Wildman–Crippen LogP) is 1.10. The Bertz CT molecular complexity index is 396. The van der Waals surface area contributed by atoms with Crippen molar-refractivity contribution in [1.82, 2.24) is 5.32 Å². The number of halogens is 1. The standard InChI is InChI=1S/C13H19FN2O2/c1-9(15)6-7-13(18)16-8-12(17)10-4-2-3-5-11(10)14/h2-5,9,12,17H,6-8,15H2,1H3,(H,16,18). The Morgan fingerprint density at radius 1 is 1.50 bits per heavy atom. The maximum absolute atomic E-state index is 13.3. The zero-order chi connectivity index (χ0) is 13.5. The third-order valence-corrected chi connectivity index (χ3v) is 2.58. The predicted molar refractivity (Wildman–Crippen MR) is 67.3 cm³/mol. The first-order chi connectivity index (χ1) is 8.50. The normalized spacial score (nSPS) is 14.0. The number of carbonyl (C=O) groups is 1. The molecule has 4 nitrogen and oxygen atoms in total. The smallest absolute Gasteiger partial charge is 0.220 e. The summed E-state index contributed by atoms with van der Waals surface area (Å²) in [6, 6.07) is 5.92. The van der Waals surface area contributed by atoms with E-state index in [0.717, 1.165) is 0 Å². The number of benzene rings is 1. The van der Waals surface area contributed by atoms with Crippen LogP contribution in [0, 0.1) is 5.82 Å². The van der Waals surface area contributed by atoms with Gasteiger partial charge in [0.15, 0.2) is 0 Å². The fraction of sp³-hybridized carbons (Fsp3) is 0.462. The molecule has 2 unspecified atom stereocenters. The van der Waals surface area contributed by atoms with Crippen molar-refractivity contribution in [2.75, 3.05) is 6.54 Å². The first kappa shape index (κ1) is 14.6. The maximum Gasteiger partial charge on any atom is 0.220 e. The summed E-state index contributed by atoms with van der Waals surface area (Å²) in [5.41, 5.74) is 5.71. The number of hydrogen-bond acceptors (Lipinski definition) is 3. The van der Waals surface area contributed by atoms with Gasteiger partial charge in [-0.05, 0) is 19.4 Å². The molecule has 0 bridgehead atoms. The summed E-state index contributed by atoms with van der Waals surface area (Å²) in [6.45, 7) is 1.82. The van der Waals surface area contributed by atoms with Gasteiger partial charge < -0.3 is 16.2 Å². The van der Waals surface area contributed by atoms with Crippen LogP contribution in [0.25, 0.3) is 0 Å². The molecule has 1 amide bonds. The van der Waals surface area contributed by atoms with Crippen LogP contribution in [0.5, 0.6) is 0 Å². The SMILES string of the molecule is CC(N)CCC(=O)NCC(O)c1ccccc1F. The quantitative estimate of drug-likeness (QED) is 0.711. The van der Waals surface area contributed by atoms with Gasteiger partial charge in [0, 0.05) is 24.6 Å². The van der Waals surface area contributed by atoms with E-state index < -0.39 is 11.9 Å². The first-order valence-corrected chi connectivity index (χ1v) is 5.95. The Morgan fingerprint density at radius 2 is 2.17 bits per heavy atom. The second-order valence-electron chi connectivity index (χ2n) is 4.36. The molecule has 0 fully saturated rings. The van der Waals surface area contributed by atoms with Gasteiger partial charge in [0.2, 0.25) is 5.91 Å². The molecule has 4 N–H and O–H groups in total. The van der Waals surface area contributed by atoms with Crippen LogP contribution in [0.2, 0.25) is 0 Å². The highest BCUT2D eigenvalue weighted by molar-refractivity contribution is 5.75. The van der Waals surface area contributed by atoms with E-state index in [2.05, 4.69) is 5.32 Å². The number of aliphatic hydroxyl groups excluding tert-OH is 1. The molecule has 0 spiro atoms. The molecule has 18 heavy (non-hydrogen) atoms. The van der Waals surface area contributed by atoms with E-state index in [1.54, 1.807) is 12.1 Å². The fourth-order valence-electron chi connectivity index (χ4n) is 1.51. The number of nitrogens with one attached hydrogen (secondary N) is 1. The minimum atomic E-state index is -1.04. The van der Waals surface area contributed by atoms with Crippen molar-refractivity contribution in [2.45, 2.75) is 31.9 Å². The molecule has 0 aliphatic rings. The molecular formula is C13H19FN2O2. The van der Waals surface area contributed by atoms with Crippen molar-refractivity contribution < 1.29 is 14.3 Å². The summed E-state index contributed by atoms with van der Waals surface area (Å²) < 4.78 is 13.3. The number of hydrogen-bond donors (Lipinski definition) is 3. The van der Waals surface area contributed by atoms with Gasteiger partial charge in [0.1, 0.15) is 5.82 Å². The molecule has 100 valence electrons. The summed E-state index contributed by atoms with van der Waals surface area (Å²) in [5.74, 6) is -0.669. The van der Waals surface area contributed by atoms with Crippen molar-refractivity contribution >= 4 is 5.91 Å². The Balaban J connectivity index is 2.39. The topological polar surface area (TPSA) is 75.4 Å². The third kappa shape index (κ3) is 4.81. The molecule has 1 aromatic carbocycles. The summed E-state index contributed by atoms with van der Waals surface area (Å²) in [6.07, 6.45) is -0.144. The van der Waals surface area contributed by atoms with Gasteiger partial charge in [-0.2, -0.15) is 0 Å². The van der Waals surface area contributed by atoms with Gasteiger partial charge in [-0.3, -0.25) is 4.79 Å². The summed E-state index contributed by atoms with van der Waals surface area (Å²) >= 11 is 0. The average Bonchev–Trinajstić information content (AvgIpc) is 2.34. The lowest BCUT2D eigenvalue weighted by Crippen LogP contribution is -2.29. The van der Waals surface area contributed by atoms with Crippen LogP contribution in [0.3, 0.4) is 0 Å². The van der Waals surface area contributed by atoms with Crippen LogP contribution in [0.15, 0.2) is 24.3 Å². The number of nitrogens with two attached hydrogens (primary N) is 1. The summed E-state index contributed by atoms with van der Waals surface area (Å²) in [7, 11) is 0. The molecule has 0 saturated heterocycles. The van der Waals surface area contributed by atoms with Gasteiger partial charge in [-0.15, -0.1) is 0 Å². The Morgan fingerprint density at radius 3 is 2.78 bits per heavy atom. The zero-order valence-corrected chi connectivity index (χ0v) is 10.4. The molecule has 5 heteroatoms. The van der Waals surface area contributed by atoms with Gasteiger partial charge in [-0.1, -0.05) is 18.2 Å².